The van der Waals surface area contributed by atoms with Gasteiger partial charge in [0.25, 0.3) is 0 Å². The number of hydrogen-bond acceptors (Lipinski definition) is 8. The molecule has 2 aromatic heterocycles. The first kappa shape index (κ1) is 19.2. The van der Waals surface area contributed by atoms with Crippen LogP contribution in [0.15, 0.2) is 24.3 Å². The molecular weight excluding hydrogens is 396 g/mol. The SMILES string of the molecule is CCCn1nnnc1CN1c2ccccc2N(Cc2nnnn2CCC)S1(=O)=O. The number of anilines is 2. The minimum atomic E-state index is -3.85. The van der Waals surface area contributed by atoms with E-state index < -0.39 is 10.2 Å². The van der Waals surface area contributed by atoms with E-state index >= 15 is 0 Å². The first-order valence-electron chi connectivity index (χ1n) is 9.45. The maximum Gasteiger partial charge on any atom is 0.327 e. The molecule has 154 valence electrons. The smallest absolute Gasteiger partial charge is 0.243 e. The van der Waals surface area contributed by atoms with E-state index in [9.17, 15) is 8.42 Å². The average molecular weight is 418 g/mol. The maximum atomic E-state index is 13.4. The molecule has 0 N–H and O–H groups in total. The van der Waals surface area contributed by atoms with Crippen molar-refractivity contribution in [2.45, 2.75) is 52.9 Å². The summed E-state index contributed by atoms with van der Waals surface area (Å²) in [7, 11) is -3.85. The van der Waals surface area contributed by atoms with E-state index in [1.54, 1.807) is 33.6 Å². The number of rotatable bonds is 8. The zero-order valence-electron chi connectivity index (χ0n) is 16.2. The Kier molecular flexibility index (Phi) is 5.13. The predicted octanol–water partition coefficient (Wildman–Crippen LogP) is 0.751. The van der Waals surface area contributed by atoms with Crippen LogP contribution in [-0.4, -0.2) is 48.8 Å². The van der Waals surface area contributed by atoms with E-state index in [1.807, 2.05) is 13.8 Å². The molecule has 4 rings (SSSR count). The van der Waals surface area contributed by atoms with E-state index in [2.05, 4.69) is 31.1 Å². The lowest BCUT2D eigenvalue weighted by Gasteiger charge is -2.21. The molecule has 0 fully saturated rings. The van der Waals surface area contributed by atoms with Crippen LogP contribution in [0.2, 0.25) is 0 Å². The first-order chi connectivity index (χ1) is 14.1. The molecule has 0 spiro atoms. The molecule has 0 amide bonds. The van der Waals surface area contributed by atoms with Crippen molar-refractivity contribution in [3.63, 3.8) is 0 Å². The minimum Gasteiger partial charge on any atom is -0.243 e. The molecule has 12 nitrogen and oxygen atoms in total. The van der Waals surface area contributed by atoms with Crippen molar-refractivity contribution in [1.29, 1.82) is 0 Å². The Labute approximate surface area is 168 Å². The van der Waals surface area contributed by atoms with Gasteiger partial charge in [0.05, 0.1) is 24.5 Å². The highest BCUT2D eigenvalue weighted by Crippen LogP contribution is 2.42. The third-order valence-corrected chi connectivity index (χ3v) is 6.39. The summed E-state index contributed by atoms with van der Waals surface area (Å²) in [5.74, 6) is 0.978. The van der Waals surface area contributed by atoms with E-state index in [4.69, 9.17) is 0 Å². The fraction of sp³-hybridized carbons (Fsp3) is 0.500. The highest BCUT2D eigenvalue weighted by Gasteiger charge is 2.41. The van der Waals surface area contributed by atoms with Gasteiger partial charge in [-0.25, -0.2) is 18.0 Å². The minimum absolute atomic E-state index is 0.0444. The van der Waals surface area contributed by atoms with Crippen LogP contribution in [0.3, 0.4) is 0 Å². The third kappa shape index (κ3) is 3.41. The van der Waals surface area contributed by atoms with E-state index in [1.165, 1.54) is 8.61 Å². The summed E-state index contributed by atoms with van der Waals surface area (Å²) >= 11 is 0. The maximum absolute atomic E-state index is 13.4. The number of aromatic nitrogens is 8. The summed E-state index contributed by atoms with van der Waals surface area (Å²) in [6, 6.07) is 7.16. The third-order valence-electron chi connectivity index (χ3n) is 4.63. The Hall–Kier alpha value is -3.09. The Morgan fingerprint density at radius 3 is 1.66 bits per heavy atom. The first-order valence-corrected chi connectivity index (χ1v) is 10.9. The normalized spacial score (nSPS) is 15.1. The number of benzene rings is 1. The van der Waals surface area contributed by atoms with Gasteiger partial charge >= 0.3 is 10.2 Å². The summed E-state index contributed by atoms with van der Waals surface area (Å²) in [6.45, 7) is 5.34. The fourth-order valence-corrected chi connectivity index (χ4v) is 4.89. The average Bonchev–Trinajstić information content (AvgIpc) is 3.38. The molecule has 3 heterocycles. The summed E-state index contributed by atoms with van der Waals surface area (Å²) in [4.78, 5) is 0. The van der Waals surface area contributed by atoms with Crippen LogP contribution in [0.5, 0.6) is 0 Å². The summed E-state index contributed by atoms with van der Waals surface area (Å²) < 4.78 is 32.8. The summed E-state index contributed by atoms with van der Waals surface area (Å²) in [6.07, 6.45) is 1.68. The molecule has 29 heavy (non-hydrogen) atoms. The molecule has 3 aromatic rings. The quantitative estimate of drug-likeness (QED) is 0.524. The van der Waals surface area contributed by atoms with Gasteiger partial charge in [-0.1, -0.05) is 26.0 Å². The summed E-state index contributed by atoms with van der Waals surface area (Å²) in [5.41, 5.74) is 1.15. The van der Waals surface area contributed by atoms with Gasteiger partial charge in [0.2, 0.25) is 0 Å². The van der Waals surface area contributed by atoms with Gasteiger partial charge < -0.3 is 0 Å². The van der Waals surface area contributed by atoms with Crippen LogP contribution >= 0.6 is 0 Å². The van der Waals surface area contributed by atoms with Gasteiger partial charge in [-0.2, -0.15) is 8.42 Å². The Balaban J connectivity index is 1.69. The van der Waals surface area contributed by atoms with E-state index in [-0.39, 0.29) is 13.1 Å². The number of para-hydroxylation sites is 2. The molecule has 0 unspecified atom stereocenters. The molecule has 0 aliphatic carbocycles. The molecule has 13 heteroatoms. The molecule has 1 aromatic carbocycles. The standard InChI is InChI=1S/C16H22N10O2S/c1-3-9-23-15(17-19-21-23)11-25-13-7-5-6-8-14(13)26(29(25,27)28)12-16-18-20-22-24(16)10-4-2/h5-8H,3-4,9-12H2,1-2H3. The van der Waals surface area contributed by atoms with Gasteiger partial charge in [0, 0.05) is 13.1 Å². The highest BCUT2D eigenvalue weighted by atomic mass is 32.2. The van der Waals surface area contributed by atoms with Crippen LogP contribution in [-0.2, 0) is 36.4 Å². The molecule has 1 aliphatic heterocycles. The Morgan fingerprint density at radius 1 is 0.793 bits per heavy atom. The van der Waals surface area contributed by atoms with Crippen LogP contribution in [0, 0.1) is 0 Å². The molecule has 0 atom stereocenters. The zero-order chi connectivity index (χ0) is 20.4. The zero-order valence-corrected chi connectivity index (χ0v) is 17.1. The van der Waals surface area contributed by atoms with Gasteiger partial charge in [-0.15, -0.1) is 10.2 Å². The molecule has 0 saturated carbocycles. The lowest BCUT2D eigenvalue weighted by molar-refractivity contribution is 0.547. The van der Waals surface area contributed by atoms with Gasteiger partial charge in [0.15, 0.2) is 11.6 Å². The summed E-state index contributed by atoms with van der Waals surface area (Å²) in [5, 5.41) is 23.3. The number of hydrogen-bond donors (Lipinski definition) is 0. The van der Waals surface area contributed by atoms with E-state index in [0.29, 0.717) is 36.1 Å². The lowest BCUT2D eigenvalue weighted by Crippen LogP contribution is -2.38. The Morgan fingerprint density at radius 2 is 1.24 bits per heavy atom. The van der Waals surface area contributed by atoms with Crippen molar-refractivity contribution < 1.29 is 8.42 Å². The van der Waals surface area contributed by atoms with Gasteiger partial charge in [-0.3, -0.25) is 0 Å². The number of nitrogens with zero attached hydrogens (tertiary/aromatic N) is 10. The molecule has 0 bridgehead atoms. The van der Waals surface area contributed by atoms with Crippen LogP contribution < -0.4 is 8.61 Å². The molecule has 0 saturated heterocycles. The van der Waals surface area contributed by atoms with Crippen molar-refractivity contribution in [3.05, 3.63) is 35.9 Å². The topological polar surface area (TPSA) is 128 Å². The van der Waals surface area contributed by atoms with Crippen LogP contribution in [0.4, 0.5) is 11.4 Å². The van der Waals surface area contributed by atoms with Gasteiger partial charge in [-0.05, 0) is 45.8 Å². The lowest BCUT2D eigenvalue weighted by atomic mass is 10.2. The monoisotopic (exact) mass is 418 g/mol. The number of fused-ring (bicyclic) bond motifs is 1. The second kappa shape index (κ2) is 7.73. The number of aryl methyl sites for hydroxylation is 2. The second-order valence-corrected chi connectivity index (χ2v) is 8.42. The molecule has 0 radical (unpaired) electrons. The Bertz CT molecular complexity index is 1010. The van der Waals surface area contributed by atoms with Crippen molar-refractivity contribution >= 4 is 21.6 Å². The molecule has 1 aliphatic rings. The van der Waals surface area contributed by atoms with Crippen LogP contribution in [0.25, 0.3) is 0 Å². The van der Waals surface area contributed by atoms with Crippen molar-refractivity contribution in [2.75, 3.05) is 8.61 Å². The van der Waals surface area contributed by atoms with Crippen molar-refractivity contribution in [1.82, 2.24) is 40.4 Å². The van der Waals surface area contributed by atoms with Crippen molar-refractivity contribution in [2.24, 2.45) is 0 Å². The largest absolute Gasteiger partial charge is 0.327 e. The predicted molar refractivity (Wildman–Crippen MR) is 104 cm³/mol. The molecular formula is C16H22N10O2S. The fourth-order valence-electron chi connectivity index (χ4n) is 3.29. The second-order valence-electron chi connectivity index (χ2n) is 6.65. The van der Waals surface area contributed by atoms with Gasteiger partial charge in [0.1, 0.15) is 0 Å². The highest BCUT2D eigenvalue weighted by molar-refractivity contribution is 7.94. The number of tetrazole rings is 2. The van der Waals surface area contributed by atoms with E-state index in [0.717, 1.165) is 12.8 Å². The van der Waals surface area contributed by atoms with Crippen LogP contribution in [0.1, 0.15) is 38.3 Å². The van der Waals surface area contributed by atoms with Crippen molar-refractivity contribution in [3.8, 4) is 0 Å².